The van der Waals surface area contributed by atoms with Gasteiger partial charge in [-0.1, -0.05) is 18.2 Å². The summed E-state index contributed by atoms with van der Waals surface area (Å²) in [6.07, 6.45) is 0.0936. The quantitative estimate of drug-likeness (QED) is 0.530. The smallest absolute Gasteiger partial charge is 0.253 e. The number of fused-ring (bicyclic) bond motifs is 1. The summed E-state index contributed by atoms with van der Waals surface area (Å²) in [4.78, 5) is 40.1. The number of amides is 3. The maximum atomic E-state index is 13.0. The van der Waals surface area contributed by atoms with E-state index in [1.807, 2.05) is 12.1 Å². The summed E-state index contributed by atoms with van der Waals surface area (Å²) in [5.41, 5.74) is 2.29. The summed E-state index contributed by atoms with van der Waals surface area (Å²) < 4.78 is 15.9. The Morgan fingerprint density at radius 1 is 1.03 bits per heavy atom. The molecule has 1 fully saturated rings. The zero-order valence-electron chi connectivity index (χ0n) is 19.7. The molecule has 0 bridgehead atoms. The maximum absolute atomic E-state index is 13.0. The minimum absolute atomic E-state index is 0.0936. The highest BCUT2D eigenvalue weighted by molar-refractivity contribution is 6.07. The number of ether oxygens (including phenoxy) is 3. The van der Waals surface area contributed by atoms with Crippen molar-refractivity contribution in [3.8, 4) is 17.2 Å². The van der Waals surface area contributed by atoms with Crippen LogP contribution in [0.1, 0.15) is 22.3 Å². The van der Waals surface area contributed by atoms with Gasteiger partial charge < -0.3 is 29.7 Å². The monoisotopic (exact) mass is 487 g/mol. The van der Waals surface area contributed by atoms with E-state index in [2.05, 4.69) is 10.6 Å². The zero-order chi connectivity index (χ0) is 25.1. The van der Waals surface area contributed by atoms with E-state index in [1.165, 1.54) is 0 Å². The number of nitrogens with one attached hydrogen (secondary N) is 2. The molecule has 2 aliphatic rings. The first-order chi connectivity index (χ1) is 17.5. The summed E-state index contributed by atoms with van der Waals surface area (Å²) in [6.45, 7) is 0.726. The van der Waals surface area contributed by atoms with Gasteiger partial charge in [0.25, 0.3) is 5.91 Å². The number of methoxy groups -OCH3 is 1. The van der Waals surface area contributed by atoms with Crippen LogP contribution >= 0.6 is 0 Å². The lowest BCUT2D eigenvalue weighted by molar-refractivity contribution is -0.122. The molecule has 3 aromatic rings. The third-order valence-electron chi connectivity index (χ3n) is 6.20. The van der Waals surface area contributed by atoms with Crippen molar-refractivity contribution in [2.45, 2.75) is 13.0 Å². The van der Waals surface area contributed by atoms with Gasteiger partial charge in [0.05, 0.1) is 24.3 Å². The highest BCUT2D eigenvalue weighted by Crippen LogP contribution is 2.32. The van der Waals surface area contributed by atoms with Crippen LogP contribution in [-0.2, 0) is 16.1 Å². The van der Waals surface area contributed by atoms with Gasteiger partial charge >= 0.3 is 0 Å². The number of carbonyl (C=O) groups excluding carboxylic acids is 3. The van der Waals surface area contributed by atoms with Gasteiger partial charge in [-0.15, -0.1) is 0 Å². The van der Waals surface area contributed by atoms with Gasteiger partial charge in [-0.3, -0.25) is 14.4 Å². The molecule has 3 amide bonds. The molecule has 2 N–H and O–H groups in total. The molecule has 0 saturated carbocycles. The number of carbonyl (C=O) groups is 3. The summed E-state index contributed by atoms with van der Waals surface area (Å²) in [5, 5.41) is 5.72. The maximum Gasteiger partial charge on any atom is 0.253 e. The summed E-state index contributed by atoms with van der Waals surface area (Å²) in [7, 11) is 1.58. The third kappa shape index (κ3) is 4.81. The standard InChI is InChI=1S/C27H25N3O6/c1-34-20-9-7-19(8-10-20)30-15-18(13-25(30)31)26(32)29-22-5-3-2-4-21(22)27(33)28-14-17-6-11-23-24(12-17)36-16-35-23/h2-12,18H,13-16H2,1H3,(H,28,33)(H,29,32)/t18-/m1/s1. The van der Waals surface area contributed by atoms with E-state index in [4.69, 9.17) is 14.2 Å². The molecule has 184 valence electrons. The molecule has 2 heterocycles. The van der Waals surface area contributed by atoms with Crippen molar-refractivity contribution < 1.29 is 28.6 Å². The van der Waals surface area contributed by atoms with Gasteiger partial charge in [-0.05, 0) is 54.1 Å². The third-order valence-corrected chi connectivity index (χ3v) is 6.20. The fourth-order valence-corrected chi connectivity index (χ4v) is 4.25. The van der Waals surface area contributed by atoms with E-state index in [0.29, 0.717) is 34.2 Å². The molecular weight excluding hydrogens is 462 g/mol. The Labute approximate surface area is 208 Å². The summed E-state index contributed by atoms with van der Waals surface area (Å²) in [6, 6.07) is 19.4. The minimum atomic E-state index is -0.538. The Morgan fingerprint density at radius 3 is 2.61 bits per heavy atom. The molecule has 3 aromatic carbocycles. The Hall–Kier alpha value is -4.53. The lowest BCUT2D eigenvalue weighted by Crippen LogP contribution is -2.29. The Morgan fingerprint density at radius 2 is 1.81 bits per heavy atom. The molecule has 36 heavy (non-hydrogen) atoms. The molecule has 0 aliphatic carbocycles. The van der Waals surface area contributed by atoms with E-state index in [-0.39, 0.29) is 44.0 Å². The fraction of sp³-hybridized carbons (Fsp3) is 0.222. The summed E-state index contributed by atoms with van der Waals surface area (Å²) in [5.74, 6) is 0.701. The van der Waals surface area contributed by atoms with Crippen molar-refractivity contribution in [2.75, 3.05) is 30.7 Å². The highest BCUT2D eigenvalue weighted by atomic mass is 16.7. The van der Waals surface area contributed by atoms with Crippen molar-refractivity contribution in [3.05, 3.63) is 77.9 Å². The van der Waals surface area contributed by atoms with Gasteiger partial charge in [0, 0.05) is 25.2 Å². The molecule has 9 nitrogen and oxygen atoms in total. The number of hydrogen-bond donors (Lipinski definition) is 2. The van der Waals surface area contributed by atoms with Gasteiger partial charge in [-0.25, -0.2) is 0 Å². The van der Waals surface area contributed by atoms with Gasteiger partial charge in [-0.2, -0.15) is 0 Å². The van der Waals surface area contributed by atoms with Crippen molar-refractivity contribution in [1.29, 1.82) is 0 Å². The van der Waals surface area contributed by atoms with Gasteiger partial charge in [0.2, 0.25) is 18.6 Å². The van der Waals surface area contributed by atoms with E-state index in [1.54, 1.807) is 66.6 Å². The molecule has 0 aromatic heterocycles. The van der Waals surface area contributed by atoms with Crippen LogP contribution in [-0.4, -0.2) is 38.2 Å². The average Bonchev–Trinajstić information content (AvgIpc) is 3.54. The molecule has 1 saturated heterocycles. The normalized spacial score (nSPS) is 16.1. The molecule has 1 atom stereocenters. The number of para-hydroxylation sites is 1. The second kappa shape index (κ2) is 9.99. The first kappa shape index (κ1) is 23.2. The number of benzene rings is 3. The number of rotatable bonds is 7. The Kier molecular flexibility index (Phi) is 6.44. The van der Waals surface area contributed by atoms with E-state index in [9.17, 15) is 14.4 Å². The van der Waals surface area contributed by atoms with Crippen LogP contribution in [0.25, 0.3) is 0 Å². The lowest BCUT2D eigenvalue weighted by atomic mass is 10.1. The van der Waals surface area contributed by atoms with Crippen LogP contribution in [0.3, 0.4) is 0 Å². The summed E-state index contributed by atoms with van der Waals surface area (Å²) >= 11 is 0. The second-order valence-corrected chi connectivity index (χ2v) is 8.51. The molecule has 9 heteroatoms. The first-order valence-electron chi connectivity index (χ1n) is 11.5. The van der Waals surface area contributed by atoms with Crippen LogP contribution in [0.4, 0.5) is 11.4 Å². The van der Waals surface area contributed by atoms with Crippen LogP contribution in [0.2, 0.25) is 0 Å². The molecule has 2 aliphatic heterocycles. The predicted octanol–water partition coefficient (Wildman–Crippen LogP) is 3.35. The molecule has 5 rings (SSSR count). The molecule has 0 spiro atoms. The van der Waals surface area contributed by atoms with E-state index < -0.39 is 5.92 Å². The number of nitrogens with zero attached hydrogens (tertiary/aromatic N) is 1. The van der Waals surface area contributed by atoms with Gasteiger partial charge in [0.1, 0.15) is 5.75 Å². The predicted molar refractivity (Wildman–Crippen MR) is 132 cm³/mol. The number of hydrogen-bond acceptors (Lipinski definition) is 6. The molecule has 0 radical (unpaired) electrons. The Balaban J connectivity index is 1.22. The second-order valence-electron chi connectivity index (χ2n) is 8.51. The lowest BCUT2D eigenvalue weighted by Gasteiger charge is -2.17. The van der Waals surface area contributed by atoms with Gasteiger partial charge in [0.15, 0.2) is 11.5 Å². The average molecular weight is 488 g/mol. The van der Waals surface area contributed by atoms with Crippen molar-refractivity contribution in [3.63, 3.8) is 0 Å². The van der Waals surface area contributed by atoms with Crippen LogP contribution < -0.4 is 29.7 Å². The fourth-order valence-electron chi connectivity index (χ4n) is 4.25. The van der Waals surface area contributed by atoms with Crippen molar-refractivity contribution in [2.24, 2.45) is 5.92 Å². The molecular formula is C27H25N3O6. The van der Waals surface area contributed by atoms with Crippen LogP contribution in [0.15, 0.2) is 66.7 Å². The Bertz CT molecular complexity index is 1310. The topological polar surface area (TPSA) is 106 Å². The highest BCUT2D eigenvalue weighted by Gasteiger charge is 2.35. The first-order valence-corrected chi connectivity index (χ1v) is 11.5. The van der Waals surface area contributed by atoms with E-state index in [0.717, 1.165) is 5.56 Å². The minimum Gasteiger partial charge on any atom is -0.497 e. The van der Waals surface area contributed by atoms with E-state index >= 15 is 0 Å². The van der Waals surface area contributed by atoms with Crippen LogP contribution in [0.5, 0.6) is 17.2 Å². The molecule has 0 unspecified atom stereocenters. The van der Waals surface area contributed by atoms with Crippen molar-refractivity contribution in [1.82, 2.24) is 5.32 Å². The van der Waals surface area contributed by atoms with Crippen LogP contribution in [0, 0.1) is 5.92 Å². The largest absolute Gasteiger partial charge is 0.497 e. The number of anilines is 2. The van der Waals surface area contributed by atoms with Crippen molar-refractivity contribution >= 4 is 29.1 Å². The SMILES string of the molecule is COc1ccc(N2C[C@H](C(=O)Nc3ccccc3C(=O)NCc3ccc4c(c3)OCO4)CC2=O)cc1. The zero-order valence-corrected chi connectivity index (χ0v) is 19.7.